The van der Waals surface area contributed by atoms with Crippen molar-refractivity contribution in [1.82, 2.24) is 4.98 Å². The van der Waals surface area contributed by atoms with Crippen LogP contribution < -0.4 is 0 Å². The molecule has 22 heavy (non-hydrogen) atoms. The zero-order chi connectivity index (χ0) is 15.5. The van der Waals surface area contributed by atoms with Gasteiger partial charge in [-0.1, -0.05) is 42.0 Å². The fourth-order valence-electron chi connectivity index (χ4n) is 2.13. The van der Waals surface area contributed by atoms with Crippen LogP contribution in [0.15, 0.2) is 54.7 Å². The molecular weight excluding hydrogens is 300 g/mol. The Kier molecular flexibility index (Phi) is 3.85. The number of hydrogen-bond acceptors (Lipinski definition) is 3. The molecule has 0 amide bonds. The van der Waals surface area contributed by atoms with E-state index in [1.54, 1.807) is 18.3 Å². The topological polar surface area (TPSA) is 56.0 Å². The molecule has 0 fully saturated rings. The van der Waals surface area contributed by atoms with Gasteiger partial charge in [-0.3, -0.25) is 15.1 Å². The zero-order valence-electron chi connectivity index (χ0n) is 11.4. The number of para-hydroxylation sites is 1. The standard InChI is InChI=1S/C17H11ClN2O2/c18-17-13(11-19-16-4-2-1-3-15(16)17)8-5-12-6-9-14(10-7-12)20(21)22/h1-11H/b8-5-. The molecule has 0 spiro atoms. The van der Waals surface area contributed by atoms with E-state index in [1.165, 1.54) is 12.1 Å². The van der Waals surface area contributed by atoms with Crippen molar-refractivity contribution in [2.75, 3.05) is 0 Å². The summed E-state index contributed by atoms with van der Waals surface area (Å²) in [7, 11) is 0. The quantitative estimate of drug-likeness (QED) is 0.507. The number of fused-ring (bicyclic) bond motifs is 1. The summed E-state index contributed by atoms with van der Waals surface area (Å²) < 4.78 is 0. The lowest BCUT2D eigenvalue weighted by Gasteiger charge is -2.03. The van der Waals surface area contributed by atoms with E-state index in [0.29, 0.717) is 5.02 Å². The first-order valence-electron chi connectivity index (χ1n) is 6.61. The minimum absolute atomic E-state index is 0.0718. The SMILES string of the molecule is O=[N+]([O-])c1ccc(/C=C\c2cnc3ccccc3c2Cl)cc1. The number of benzene rings is 2. The maximum Gasteiger partial charge on any atom is 0.269 e. The van der Waals surface area contributed by atoms with E-state index in [-0.39, 0.29) is 5.69 Å². The number of nitrogens with zero attached hydrogens (tertiary/aromatic N) is 2. The second kappa shape index (κ2) is 5.95. The van der Waals surface area contributed by atoms with Crippen LogP contribution in [0, 0.1) is 10.1 Å². The average Bonchev–Trinajstić information content (AvgIpc) is 2.55. The fourth-order valence-corrected chi connectivity index (χ4v) is 2.40. The predicted octanol–water partition coefficient (Wildman–Crippen LogP) is 4.97. The fraction of sp³-hybridized carbons (Fsp3) is 0. The van der Waals surface area contributed by atoms with Crippen LogP contribution in [0.25, 0.3) is 23.1 Å². The first-order chi connectivity index (χ1) is 10.6. The van der Waals surface area contributed by atoms with E-state index in [9.17, 15) is 10.1 Å². The molecule has 1 heterocycles. The maximum atomic E-state index is 10.6. The lowest BCUT2D eigenvalue weighted by atomic mass is 10.1. The lowest BCUT2D eigenvalue weighted by molar-refractivity contribution is -0.384. The Morgan fingerprint density at radius 1 is 1.05 bits per heavy atom. The summed E-state index contributed by atoms with van der Waals surface area (Å²) in [5.41, 5.74) is 2.58. The van der Waals surface area contributed by atoms with Crippen molar-refractivity contribution in [2.45, 2.75) is 0 Å². The van der Waals surface area contributed by atoms with E-state index in [0.717, 1.165) is 22.0 Å². The van der Waals surface area contributed by atoms with Gasteiger partial charge in [-0.2, -0.15) is 0 Å². The number of nitro groups is 1. The van der Waals surface area contributed by atoms with Crippen molar-refractivity contribution in [3.05, 3.63) is 81.0 Å². The number of non-ortho nitro benzene ring substituents is 1. The molecule has 3 rings (SSSR count). The normalized spacial score (nSPS) is 11.1. The van der Waals surface area contributed by atoms with E-state index in [4.69, 9.17) is 11.6 Å². The second-order valence-electron chi connectivity index (χ2n) is 4.73. The number of rotatable bonds is 3. The van der Waals surface area contributed by atoms with Crippen LogP contribution in [0.1, 0.15) is 11.1 Å². The van der Waals surface area contributed by atoms with Crippen LogP contribution in [0.2, 0.25) is 5.02 Å². The second-order valence-corrected chi connectivity index (χ2v) is 5.10. The number of nitro benzene ring substituents is 1. The first-order valence-corrected chi connectivity index (χ1v) is 6.99. The summed E-state index contributed by atoms with van der Waals surface area (Å²) in [5, 5.41) is 12.2. The third-order valence-corrected chi connectivity index (χ3v) is 3.72. The van der Waals surface area contributed by atoms with Crippen molar-refractivity contribution < 1.29 is 4.92 Å². The molecule has 0 aliphatic rings. The molecule has 108 valence electrons. The van der Waals surface area contributed by atoms with Gasteiger partial charge in [-0.05, 0) is 23.8 Å². The Balaban J connectivity index is 1.92. The molecule has 0 atom stereocenters. The van der Waals surface area contributed by atoms with Crippen LogP contribution >= 0.6 is 11.6 Å². The summed E-state index contributed by atoms with van der Waals surface area (Å²) in [6, 6.07) is 14.0. The number of hydrogen-bond donors (Lipinski definition) is 0. The molecule has 0 saturated heterocycles. The molecular formula is C17H11ClN2O2. The maximum absolute atomic E-state index is 10.6. The molecule has 0 aliphatic carbocycles. The lowest BCUT2D eigenvalue weighted by Crippen LogP contribution is -1.86. The molecule has 0 aliphatic heterocycles. The summed E-state index contributed by atoms with van der Waals surface area (Å²) in [6.07, 6.45) is 5.41. The van der Waals surface area contributed by atoms with E-state index in [1.807, 2.05) is 36.4 Å². The molecule has 5 heteroatoms. The Morgan fingerprint density at radius 2 is 1.77 bits per heavy atom. The third-order valence-electron chi connectivity index (χ3n) is 3.30. The van der Waals surface area contributed by atoms with Crippen LogP contribution in [-0.4, -0.2) is 9.91 Å². The zero-order valence-corrected chi connectivity index (χ0v) is 12.2. The predicted molar refractivity (Wildman–Crippen MR) is 88.8 cm³/mol. The van der Waals surface area contributed by atoms with Crippen LogP contribution in [0.5, 0.6) is 0 Å². The van der Waals surface area contributed by atoms with Gasteiger partial charge in [0.1, 0.15) is 0 Å². The third kappa shape index (κ3) is 2.82. The van der Waals surface area contributed by atoms with Gasteiger partial charge in [0, 0.05) is 29.3 Å². The molecule has 1 aromatic heterocycles. The van der Waals surface area contributed by atoms with Crippen LogP contribution in [-0.2, 0) is 0 Å². The molecule has 3 aromatic rings. The summed E-state index contributed by atoms with van der Waals surface area (Å²) >= 11 is 6.39. The van der Waals surface area contributed by atoms with Crippen LogP contribution in [0.4, 0.5) is 5.69 Å². The van der Waals surface area contributed by atoms with E-state index < -0.39 is 4.92 Å². The Morgan fingerprint density at radius 3 is 2.50 bits per heavy atom. The Hall–Kier alpha value is -2.72. The molecule has 0 bridgehead atoms. The van der Waals surface area contributed by atoms with Gasteiger partial charge in [-0.25, -0.2) is 0 Å². The number of halogens is 1. The number of aromatic nitrogens is 1. The van der Waals surface area contributed by atoms with Gasteiger partial charge in [0.15, 0.2) is 0 Å². The van der Waals surface area contributed by atoms with Gasteiger partial charge < -0.3 is 0 Å². The molecule has 0 radical (unpaired) electrons. The molecule has 0 saturated carbocycles. The smallest absolute Gasteiger partial charge is 0.258 e. The van der Waals surface area contributed by atoms with E-state index >= 15 is 0 Å². The average molecular weight is 311 g/mol. The van der Waals surface area contributed by atoms with Gasteiger partial charge in [0.2, 0.25) is 0 Å². The highest BCUT2D eigenvalue weighted by Crippen LogP contribution is 2.27. The van der Waals surface area contributed by atoms with Crippen molar-refractivity contribution in [3.8, 4) is 0 Å². The van der Waals surface area contributed by atoms with E-state index in [2.05, 4.69) is 4.98 Å². The van der Waals surface area contributed by atoms with Gasteiger partial charge in [0.25, 0.3) is 5.69 Å². The highest BCUT2D eigenvalue weighted by atomic mass is 35.5. The van der Waals surface area contributed by atoms with Gasteiger partial charge >= 0.3 is 0 Å². The molecule has 4 nitrogen and oxygen atoms in total. The first kappa shape index (κ1) is 14.2. The Bertz CT molecular complexity index is 873. The summed E-state index contributed by atoms with van der Waals surface area (Å²) in [6.45, 7) is 0. The Labute approximate surface area is 131 Å². The minimum atomic E-state index is -0.419. The van der Waals surface area contributed by atoms with Crippen LogP contribution in [0.3, 0.4) is 0 Å². The van der Waals surface area contributed by atoms with Gasteiger partial charge in [0.05, 0.1) is 15.5 Å². The van der Waals surface area contributed by atoms with Crippen molar-refractivity contribution >= 4 is 40.3 Å². The van der Waals surface area contributed by atoms with Crippen molar-refractivity contribution in [1.29, 1.82) is 0 Å². The number of pyridine rings is 1. The van der Waals surface area contributed by atoms with Crippen molar-refractivity contribution in [3.63, 3.8) is 0 Å². The van der Waals surface area contributed by atoms with Gasteiger partial charge in [-0.15, -0.1) is 0 Å². The molecule has 0 N–H and O–H groups in total. The molecule has 0 unspecified atom stereocenters. The summed E-state index contributed by atoms with van der Waals surface area (Å²) in [5.74, 6) is 0. The summed E-state index contributed by atoms with van der Waals surface area (Å²) in [4.78, 5) is 14.6. The molecule has 2 aromatic carbocycles. The highest BCUT2D eigenvalue weighted by molar-refractivity contribution is 6.36. The van der Waals surface area contributed by atoms with Crippen molar-refractivity contribution in [2.24, 2.45) is 0 Å². The highest BCUT2D eigenvalue weighted by Gasteiger charge is 2.05. The largest absolute Gasteiger partial charge is 0.269 e. The monoisotopic (exact) mass is 310 g/mol. The minimum Gasteiger partial charge on any atom is -0.258 e.